The van der Waals surface area contributed by atoms with Gasteiger partial charge in [-0.05, 0) is 25.2 Å². The Hall–Kier alpha value is -1.08. The van der Waals surface area contributed by atoms with Crippen molar-refractivity contribution in [3.8, 4) is 0 Å². The lowest BCUT2D eigenvalue weighted by Gasteiger charge is -2.33. The third kappa shape index (κ3) is 3.32. The number of hydrogen-bond acceptors (Lipinski definition) is 4. The Labute approximate surface area is 120 Å². The number of aromatic nitrogens is 2. The van der Waals surface area contributed by atoms with Gasteiger partial charge in [0.2, 0.25) is 10.0 Å². The standard InChI is InChI=1S/C13H24N4O2S/c1-3-17-9-11(12(14)16-17)20(18,19)15-10-13(2)7-5-4-6-8-13/h9,15H,3-8,10H2,1-2H3,(H2,14,16). The Morgan fingerprint density at radius 1 is 1.40 bits per heavy atom. The fourth-order valence-electron chi connectivity index (χ4n) is 2.72. The Kier molecular flexibility index (Phi) is 4.39. The number of nitrogens with two attached hydrogens (primary N) is 1. The van der Waals surface area contributed by atoms with Crippen LogP contribution in [0.25, 0.3) is 0 Å². The molecule has 7 heteroatoms. The van der Waals surface area contributed by atoms with E-state index in [1.807, 2.05) is 6.92 Å². The van der Waals surface area contributed by atoms with E-state index >= 15 is 0 Å². The highest BCUT2D eigenvalue weighted by atomic mass is 32.2. The van der Waals surface area contributed by atoms with E-state index in [9.17, 15) is 8.42 Å². The fraction of sp³-hybridized carbons (Fsp3) is 0.769. The molecule has 0 amide bonds. The molecule has 0 radical (unpaired) electrons. The molecule has 114 valence electrons. The molecule has 0 saturated heterocycles. The van der Waals surface area contributed by atoms with Gasteiger partial charge in [0.05, 0.1) is 0 Å². The smallest absolute Gasteiger partial charge is 0.245 e. The van der Waals surface area contributed by atoms with Gasteiger partial charge in [0.25, 0.3) is 0 Å². The molecule has 20 heavy (non-hydrogen) atoms. The number of aryl methyl sites for hydroxylation is 1. The lowest BCUT2D eigenvalue weighted by Crippen LogP contribution is -2.37. The van der Waals surface area contributed by atoms with Crippen molar-refractivity contribution in [3.63, 3.8) is 0 Å². The molecule has 1 aromatic heterocycles. The Balaban J connectivity index is 2.08. The zero-order valence-corrected chi connectivity index (χ0v) is 13.0. The molecular formula is C13H24N4O2S. The Morgan fingerprint density at radius 3 is 2.60 bits per heavy atom. The summed E-state index contributed by atoms with van der Waals surface area (Å²) in [5.41, 5.74) is 5.75. The first-order valence-electron chi connectivity index (χ1n) is 7.19. The minimum absolute atomic E-state index is 0.0564. The zero-order chi connectivity index (χ0) is 14.8. The minimum atomic E-state index is -3.58. The van der Waals surface area contributed by atoms with Crippen molar-refractivity contribution in [1.82, 2.24) is 14.5 Å². The molecule has 1 aliphatic carbocycles. The summed E-state index contributed by atoms with van der Waals surface area (Å²) in [5.74, 6) is 0.0631. The summed E-state index contributed by atoms with van der Waals surface area (Å²) < 4.78 is 28.9. The van der Waals surface area contributed by atoms with E-state index < -0.39 is 10.0 Å². The number of nitrogen functional groups attached to an aromatic ring is 1. The average molecular weight is 300 g/mol. The Bertz CT molecular complexity index is 559. The maximum atomic E-state index is 12.3. The molecule has 0 atom stereocenters. The van der Waals surface area contributed by atoms with Crippen molar-refractivity contribution in [2.24, 2.45) is 5.41 Å². The molecule has 0 aromatic carbocycles. The second-order valence-electron chi connectivity index (χ2n) is 5.93. The molecule has 3 N–H and O–H groups in total. The first-order valence-corrected chi connectivity index (χ1v) is 8.67. The van der Waals surface area contributed by atoms with Crippen molar-refractivity contribution in [2.45, 2.75) is 57.4 Å². The van der Waals surface area contributed by atoms with Crippen LogP contribution in [0.2, 0.25) is 0 Å². The van der Waals surface area contributed by atoms with Crippen molar-refractivity contribution in [2.75, 3.05) is 12.3 Å². The third-order valence-electron chi connectivity index (χ3n) is 4.12. The van der Waals surface area contributed by atoms with Gasteiger partial charge < -0.3 is 5.73 Å². The van der Waals surface area contributed by atoms with Gasteiger partial charge in [-0.15, -0.1) is 0 Å². The quantitative estimate of drug-likeness (QED) is 0.866. The summed E-state index contributed by atoms with van der Waals surface area (Å²) in [6.07, 6.45) is 7.22. The van der Waals surface area contributed by atoms with Crippen LogP contribution in [0.4, 0.5) is 5.82 Å². The molecule has 0 unspecified atom stereocenters. The van der Waals surface area contributed by atoms with E-state index in [2.05, 4.69) is 16.7 Å². The van der Waals surface area contributed by atoms with Gasteiger partial charge >= 0.3 is 0 Å². The Morgan fingerprint density at radius 2 is 2.05 bits per heavy atom. The summed E-state index contributed by atoms with van der Waals surface area (Å²) in [6, 6.07) is 0. The normalized spacial score (nSPS) is 19.1. The van der Waals surface area contributed by atoms with E-state index in [0.29, 0.717) is 13.1 Å². The highest BCUT2D eigenvalue weighted by molar-refractivity contribution is 7.89. The van der Waals surface area contributed by atoms with Crippen molar-refractivity contribution in [3.05, 3.63) is 6.20 Å². The highest BCUT2D eigenvalue weighted by Crippen LogP contribution is 2.35. The largest absolute Gasteiger partial charge is 0.381 e. The summed E-state index contributed by atoms with van der Waals surface area (Å²) >= 11 is 0. The number of hydrogen-bond donors (Lipinski definition) is 2. The second-order valence-corrected chi connectivity index (χ2v) is 7.67. The lowest BCUT2D eigenvalue weighted by molar-refractivity contribution is 0.219. The summed E-state index contributed by atoms with van der Waals surface area (Å²) in [5, 5.41) is 3.98. The zero-order valence-electron chi connectivity index (χ0n) is 12.2. The lowest BCUT2D eigenvalue weighted by atomic mass is 9.76. The average Bonchev–Trinajstić information content (AvgIpc) is 2.80. The van der Waals surface area contributed by atoms with E-state index in [1.165, 1.54) is 30.1 Å². The fourth-order valence-corrected chi connectivity index (χ4v) is 3.99. The summed E-state index contributed by atoms with van der Waals surface area (Å²) in [4.78, 5) is 0.0822. The third-order valence-corrected chi connectivity index (χ3v) is 5.54. The van der Waals surface area contributed by atoms with Crippen LogP contribution in [0.5, 0.6) is 0 Å². The minimum Gasteiger partial charge on any atom is -0.381 e. The molecule has 2 rings (SSSR count). The SMILES string of the molecule is CCn1cc(S(=O)(=O)NCC2(C)CCCCC2)c(N)n1. The van der Waals surface area contributed by atoms with E-state index in [4.69, 9.17) is 5.73 Å². The van der Waals surface area contributed by atoms with Crippen LogP contribution in [0.1, 0.15) is 46.0 Å². The monoisotopic (exact) mass is 300 g/mol. The predicted molar refractivity (Wildman–Crippen MR) is 78.7 cm³/mol. The number of nitrogens with zero attached hydrogens (tertiary/aromatic N) is 2. The van der Waals surface area contributed by atoms with Gasteiger partial charge in [0, 0.05) is 19.3 Å². The summed E-state index contributed by atoms with van der Waals surface area (Å²) in [7, 11) is -3.58. The van der Waals surface area contributed by atoms with Crippen LogP contribution in [-0.4, -0.2) is 24.7 Å². The van der Waals surface area contributed by atoms with Gasteiger partial charge in [-0.1, -0.05) is 26.2 Å². The molecule has 1 saturated carbocycles. The van der Waals surface area contributed by atoms with E-state index in [-0.39, 0.29) is 16.1 Å². The molecule has 6 nitrogen and oxygen atoms in total. The van der Waals surface area contributed by atoms with Gasteiger partial charge in [-0.3, -0.25) is 4.68 Å². The first kappa shape index (κ1) is 15.3. The molecule has 1 aliphatic rings. The van der Waals surface area contributed by atoms with Crippen LogP contribution in [0.15, 0.2) is 11.1 Å². The first-order chi connectivity index (χ1) is 9.36. The topological polar surface area (TPSA) is 90.0 Å². The van der Waals surface area contributed by atoms with E-state index in [0.717, 1.165) is 12.8 Å². The van der Waals surface area contributed by atoms with Gasteiger partial charge in [0.1, 0.15) is 4.90 Å². The van der Waals surface area contributed by atoms with Gasteiger partial charge in [-0.25, -0.2) is 13.1 Å². The van der Waals surface area contributed by atoms with Crippen molar-refractivity contribution >= 4 is 15.8 Å². The number of sulfonamides is 1. The van der Waals surface area contributed by atoms with Crippen molar-refractivity contribution in [1.29, 1.82) is 0 Å². The van der Waals surface area contributed by atoms with Gasteiger partial charge in [-0.2, -0.15) is 5.10 Å². The molecule has 0 bridgehead atoms. The molecule has 1 aromatic rings. The molecule has 1 heterocycles. The number of anilines is 1. The van der Waals surface area contributed by atoms with Crippen LogP contribution < -0.4 is 10.5 Å². The van der Waals surface area contributed by atoms with Crippen LogP contribution in [0, 0.1) is 5.41 Å². The number of nitrogens with one attached hydrogen (secondary N) is 1. The van der Waals surface area contributed by atoms with Crippen LogP contribution >= 0.6 is 0 Å². The second kappa shape index (κ2) is 5.73. The maximum absolute atomic E-state index is 12.3. The molecular weight excluding hydrogens is 276 g/mol. The van der Waals surface area contributed by atoms with Crippen molar-refractivity contribution < 1.29 is 8.42 Å². The summed E-state index contributed by atoms with van der Waals surface area (Å²) in [6.45, 7) is 5.09. The van der Waals surface area contributed by atoms with Crippen LogP contribution in [0.3, 0.4) is 0 Å². The highest BCUT2D eigenvalue weighted by Gasteiger charge is 2.30. The van der Waals surface area contributed by atoms with E-state index in [1.54, 1.807) is 0 Å². The van der Waals surface area contributed by atoms with Gasteiger partial charge in [0.15, 0.2) is 5.82 Å². The molecule has 1 fully saturated rings. The van der Waals surface area contributed by atoms with Crippen LogP contribution in [-0.2, 0) is 16.6 Å². The molecule has 0 aliphatic heterocycles. The number of rotatable bonds is 5. The molecule has 0 spiro atoms. The predicted octanol–water partition coefficient (Wildman–Crippen LogP) is 1.73. The maximum Gasteiger partial charge on any atom is 0.245 e.